The highest BCUT2D eigenvalue weighted by Crippen LogP contribution is 2.14. The van der Waals surface area contributed by atoms with E-state index in [1.807, 2.05) is 6.92 Å². The molecule has 1 aromatic heterocycles. The number of hydrogen-bond donors (Lipinski definition) is 3. The predicted octanol–water partition coefficient (Wildman–Crippen LogP) is 0.708. The molecule has 9 heteroatoms. The fourth-order valence-electron chi connectivity index (χ4n) is 2.54. The van der Waals surface area contributed by atoms with Crippen LogP contribution in [0.4, 0.5) is 5.69 Å². The number of primary amides is 1. The topological polar surface area (TPSA) is 111 Å². The molecule has 2 amide bonds. The summed E-state index contributed by atoms with van der Waals surface area (Å²) in [6.45, 7) is 3.13. The first-order valence-corrected chi connectivity index (χ1v) is 7.66. The zero-order valence-corrected chi connectivity index (χ0v) is 14.5. The normalized spacial score (nSPS) is 19.7. The van der Waals surface area contributed by atoms with E-state index >= 15 is 0 Å². The van der Waals surface area contributed by atoms with Gasteiger partial charge in [-0.05, 0) is 37.3 Å². The van der Waals surface area contributed by atoms with Gasteiger partial charge < -0.3 is 21.1 Å². The largest absolute Gasteiger partial charge is 0.375 e. The van der Waals surface area contributed by atoms with Crippen LogP contribution in [0.5, 0.6) is 0 Å². The molecule has 1 aromatic carbocycles. The molecule has 0 radical (unpaired) electrons. The predicted molar refractivity (Wildman–Crippen MR) is 95.2 cm³/mol. The number of carbonyl (C=O) groups excluding carboxylic acids is 2. The molecule has 0 spiro atoms. The lowest BCUT2D eigenvalue weighted by Gasteiger charge is -2.29. The summed E-state index contributed by atoms with van der Waals surface area (Å²) in [6.07, 6.45) is 1.48. The maximum absolute atomic E-state index is 12.3. The fourth-order valence-corrected chi connectivity index (χ4v) is 2.54. The number of ether oxygens (including phenoxy) is 1. The summed E-state index contributed by atoms with van der Waals surface area (Å²) >= 11 is 0. The number of halogens is 1. The Morgan fingerprint density at radius 3 is 2.64 bits per heavy atom. The molecule has 134 valence electrons. The number of benzene rings is 1. The number of amides is 2. The lowest BCUT2D eigenvalue weighted by atomic mass is 10.1. The molecule has 4 N–H and O–H groups in total. The second kappa shape index (κ2) is 8.11. The maximum atomic E-state index is 12.3. The van der Waals surface area contributed by atoms with Gasteiger partial charge in [-0.25, -0.2) is 4.68 Å². The van der Waals surface area contributed by atoms with Crippen LogP contribution in [0.2, 0.25) is 0 Å². The zero-order chi connectivity index (χ0) is 17.1. The van der Waals surface area contributed by atoms with E-state index in [1.54, 1.807) is 41.2 Å². The van der Waals surface area contributed by atoms with Crippen molar-refractivity contribution in [2.45, 2.75) is 19.1 Å². The van der Waals surface area contributed by atoms with Crippen molar-refractivity contribution in [2.24, 2.45) is 5.73 Å². The maximum Gasteiger partial charge on any atom is 0.269 e. The number of hydrogen-bond acceptors (Lipinski definition) is 5. The van der Waals surface area contributed by atoms with Crippen LogP contribution in [-0.4, -0.2) is 46.9 Å². The van der Waals surface area contributed by atoms with Crippen molar-refractivity contribution < 1.29 is 14.3 Å². The third-order valence-electron chi connectivity index (χ3n) is 3.84. The number of nitrogens with one attached hydrogen (secondary N) is 2. The van der Waals surface area contributed by atoms with Gasteiger partial charge in [0.25, 0.3) is 5.91 Å². The number of nitrogens with zero attached hydrogens (tertiary/aromatic N) is 2. The van der Waals surface area contributed by atoms with Crippen molar-refractivity contribution in [1.82, 2.24) is 15.1 Å². The van der Waals surface area contributed by atoms with Crippen molar-refractivity contribution >= 4 is 29.9 Å². The molecule has 0 bridgehead atoms. The molecule has 1 saturated heterocycles. The Balaban J connectivity index is 0.00000225. The molecule has 2 heterocycles. The van der Waals surface area contributed by atoms with Gasteiger partial charge in [-0.2, -0.15) is 5.10 Å². The Morgan fingerprint density at radius 1 is 1.32 bits per heavy atom. The molecule has 3 rings (SSSR count). The lowest BCUT2D eigenvalue weighted by Crippen LogP contribution is -2.53. The molecule has 1 fully saturated rings. The van der Waals surface area contributed by atoms with Crippen LogP contribution in [0.3, 0.4) is 0 Å². The van der Waals surface area contributed by atoms with Gasteiger partial charge in [0.1, 0.15) is 11.7 Å². The molecule has 0 saturated carbocycles. The molecule has 2 aromatic rings. The number of aromatic nitrogens is 2. The van der Waals surface area contributed by atoms with E-state index in [0.29, 0.717) is 18.8 Å². The third kappa shape index (κ3) is 4.36. The third-order valence-corrected chi connectivity index (χ3v) is 3.84. The van der Waals surface area contributed by atoms with Gasteiger partial charge >= 0.3 is 0 Å². The molecular formula is C16H20ClN5O3. The van der Waals surface area contributed by atoms with Crippen molar-refractivity contribution in [2.75, 3.05) is 18.5 Å². The van der Waals surface area contributed by atoms with E-state index in [-0.39, 0.29) is 36.2 Å². The average Bonchev–Trinajstić information content (AvgIpc) is 3.06. The van der Waals surface area contributed by atoms with Gasteiger partial charge in [-0.15, -0.1) is 12.4 Å². The molecular weight excluding hydrogens is 346 g/mol. The summed E-state index contributed by atoms with van der Waals surface area (Å²) in [5, 5.41) is 10.1. The van der Waals surface area contributed by atoms with Gasteiger partial charge in [-0.1, -0.05) is 0 Å². The SMILES string of the molecule is C[C@H]1OCCN[C@@H]1C(=O)Nc1ccc(-n2ccc(C(N)=O)n2)cc1.Cl. The number of rotatable bonds is 4. The van der Waals surface area contributed by atoms with E-state index in [0.717, 1.165) is 5.69 Å². The van der Waals surface area contributed by atoms with Crippen molar-refractivity contribution in [3.8, 4) is 5.69 Å². The Labute approximate surface area is 151 Å². The quantitative estimate of drug-likeness (QED) is 0.738. The van der Waals surface area contributed by atoms with Gasteiger partial charge in [0.05, 0.1) is 18.4 Å². The first-order chi connectivity index (χ1) is 11.5. The van der Waals surface area contributed by atoms with Gasteiger partial charge in [-0.3, -0.25) is 9.59 Å². The monoisotopic (exact) mass is 365 g/mol. The Kier molecular flexibility index (Phi) is 6.13. The highest BCUT2D eigenvalue weighted by atomic mass is 35.5. The second-order valence-electron chi connectivity index (χ2n) is 5.55. The lowest BCUT2D eigenvalue weighted by molar-refractivity contribution is -0.123. The summed E-state index contributed by atoms with van der Waals surface area (Å²) in [5.41, 5.74) is 6.82. The van der Waals surface area contributed by atoms with Crippen LogP contribution >= 0.6 is 12.4 Å². The van der Waals surface area contributed by atoms with Crippen LogP contribution in [0, 0.1) is 0 Å². The molecule has 1 aliphatic rings. The Morgan fingerprint density at radius 2 is 2.04 bits per heavy atom. The van der Waals surface area contributed by atoms with Crippen LogP contribution in [0.1, 0.15) is 17.4 Å². The van der Waals surface area contributed by atoms with E-state index in [9.17, 15) is 9.59 Å². The summed E-state index contributed by atoms with van der Waals surface area (Å²) < 4.78 is 7.02. The first-order valence-electron chi connectivity index (χ1n) is 7.66. The molecule has 25 heavy (non-hydrogen) atoms. The average molecular weight is 366 g/mol. The van der Waals surface area contributed by atoms with Crippen molar-refractivity contribution in [1.29, 1.82) is 0 Å². The molecule has 1 aliphatic heterocycles. The van der Waals surface area contributed by atoms with Crippen LogP contribution < -0.4 is 16.4 Å². The van der Waals surface area contributed by atoms with E-state index < -0.39 is 5.91 Å². The molecule has 2 atom stereocenters. The number of morpholine rings is 1. The highest BCUT2D eigenvalue weighted by Gasteiger charge is 2.28. The molecule has 8 nitrogen and oxygen atoms in total. The fraction of sp³-hybridized carbons (Fsp3) is 0.312. The zero-order valence-electron chi connectivity index (χ0n) is 13.6. The standard InChI is InChI=1S/C16H19N5O3.ClH/c1-10-14(18-7-9-24-10)16(23)19-11-2-4-12(5-3-11)21-8-6-13(20-21)15(17)22;/h2-6,8,10,14,18H,7,9H2,1H3,(H2,17,22)(H,19,23);1H/t10-,14+;/m1./s1. The van der Waals surface area contributed by atoms with Gasteiger partial charge in [0.15, 0.2) is 0 Å². The van der Waals surface area contributed by atoms with Crippen LogP contribution in [0.25, 0.3) is 5.69 Å². The van der Waals surface area contributed by atoms with E-state index in [1.165, 1.54) is 0 Å². The second-order valence-corrected chi connectivity index (χ2v) is 5.55. The summed E-state index contributed by atoms with van der Waals surface area (Å²) in [7, 11) is 0. The van der Waals surface area contributed by atoms with Crippen molar-refractivity contribution in [3.63, 3.8) is 0 Å². The van der Waals surface area contributed by atoms with Crippen LogP contribution in [-0.2, 0) is 9.53 Å². The Hall–Kier alpha value is -2.42. The number of nitrogens with two attached hydrogens (primary N) is 1. The smallest absolute Gasteiger partial charge is 0.269 e. The van der Waals surface area contributed by atoms with Crippen LogP contribution in [0.15, 0.2) is 36.5 Å². The number of anilines is 1. The summed E-state index contributed by atoms with van der Waals surface area (Å²) in [5.74, 6) is -0.709. The van der Waals surface area contributed by atoms with Crippen molar-refractivity contribution in [3.05, 3.63) is 42.2 Å². The first kappa shape index (κ1) is 18.9. The minimum atomic E-state index is -0.575. The highest BCUT2D eigenvalue weighted by molar-refractivity contribution is 5.95. The minimum absolute atomic E-state index is 0. The van der Waals surface area contributed by atoms with Gasteiger partial charge in [0.2, 0.25) is 5.91 Å². The number of carbonyl (C=O) groups is 2. The molecule has 0 aliphatic carbocycles. The van der Waals surface area contributed by atoms with E-state index in [4.69, 9.17) is 10.5 Å². The Bertz CT molecular complexity index is 746. The van der Waals surface area contributed by atoms with Gasteiger partial charge in [0, 0.05) is 18.4 Å². The molecule has 0 unspecified atom stereocenters. The minimum Gasteiger partial charge on any atom is -0.375 e. The van der Waals surface area contributed by atoms with E-state index in [2.05, 4.69) is 15.7 Å². The summed E-state index contributed by atoms with van der Waals surface area (Å²) in [6, 6.07) is 8.31. The summed E-state index contributed by atoms with van der Waals surface area (Å²) in [4.78, 5) is 23.4.